The second-order valence-electron chi connectivity index (χ2n) is 6.86. The first-order valence-corrected chi connectivity index (χ1v) is 9.14. The number of carbonyl (C=O) groups excluding carboxylic acids is 2. The van der Waals surface area contributed by atoms with Crippen LogP contribution in [0.3, 0.4) is 0 Å². The Hall–Kier alpha value is -0.910. The zero-order chi connectivity index (χ0) is 16.4. The number of carbonyl (C=O) groups is 2. The summed E-state index contributed by atoms with van der Waals surface area (Å²) in [5.41, 5.74) is -0.317. The monoisotopic (exact) mass is 316 g/mol. The molecule has 0 aromatic rings. The summed E-state index contributed by atoms with van der Waals surface area (Å²) in [5, 5.41) is 2.88. The van der Waals surface area contributed by atoms with Crippen molar-refractivity contribution in [1.82, 2.24) is 10.2 Å². The summed E-state index contributed by atoms with van der Waals surface area (Å²) in [4.78, 5) is 26.6. The third-order valence-corrected chi connectivity index (χ3v) is 5.46. The molecule has 0 bridgehead atoms. The van der Waals surface area contributed by atoms with Gasteiger partial charge >= 0.3 is 0 Å². The minimum atomic E-state index is -0.912. The van der Waals surface area contributed by atoms with Crippen LogP contribution < -0.4 is 5.32 Å². The molecule has 0 aromatic heterocycles. The van der Waals surface area contributed by atoms with Crippen molar-refractivity contribution in [3.63, 3.8) is 0 Å². The van der Waals surface area contributed by atoms with Gasteiger partial charge in [-0.25, -0.2) is 0 Å². The first-order chi connectivity index (χ1) is 9.59. The SMILES string of the molecule is CCC1C(=O)NC(C(C)(C)C)C(=O)N1CCC(C)S(C)=O. The van der Waals surface area contributed by atoms with E-state index in [0.717, 1.165) is 0 Å². The van der Waals surface area contributed by atoms with Gasteiger partial charge in [-0.05, 0) is 18.3 Å². The molecule has 0 spiro atoms. The molecule has 0 aliphatic carbocycles. The smallest absolute Gasteiger partial charge is 0.246 e. The molecule has 0 radical (unpaired) electrons. The average molecular weight is 316 g/mol. The zero-order valence-corrected chi connectivity index (χ0v) is 14.8. The van der Waals surface area contributed by atoms with Crippen molar-refractivity contribution in [2.45, 2.75) is 64.8 Å². The molecule has 122 valence electrons. The van der Waals surface area contributed by atoms with Gasteiger partial charge in [-0.2, -0.15) is 0 Å². The van der Waals surface area contributed by atoms with Gasteiger partial charge in [-0.3, -0.25) is 13.8 Å². The lowest BCUT2D eigenvalue weighted by atomic mass is 9.83. The number of nitrogens with one attached hydrogen (secondary N) is 1. The molecule has 0 saturated carbocycles. The third-order valence-electron chi connectivity index (χ3n) is 4.09. The predicted molar refractivity (Wildman–Crippen MR) is 85.3 cm³/mol. The molecule has 0 aromatic carbocycles. The second kappa shape index (κ2) is 6.90. The molecule has 1 N–H and O–H groups in total. The standard InChI is InChI=1S/C15H28N2O3S/c1-7-11-13(18)16-12(15(3,4)5)14(19)17(11)9-8-10(2)21(6)20/h10-12H,7-9H2,1-6H3,(H,16,18). The minimum Gasteiger partial charge on any atom is -0.342 e. The number of hydrogen-bond acceptors (Lipinski definition) is 3. The Morgan fingerprint density at radius 2 is 1.90 bits per heavy atom. The Balaban J connectivity index is 2.91. The molecule has 1 aliphatic rings. The van der Waals surface area contributed by atoms with Gasteiger partial charge in [0.1, 0.15) is 12.1 Å². The molecular weight excluding hydrogens is 288 g/mol. The van der Waals surface area contributed by atoms with Crippen LogP contribution in [0.2, 0.25) is 0 Å². The highest BCUT2D eigenvalue weighted by Crippen LogP contribution is 2.26. The van der Waals surface area contributed by atoms with E-state index in [2.05, 4.69) is 5.32 Å². The molecule has 6 heteroatoms. The Morgan fingerprint density at radius 3 is 2.33 bits per heavy atom. The van der Waals surface area contributed by atoms with Gasteiger partial charge < -0.3 is 10.2 Å². The lowest BCUT2D eigenvalue weighted by molar-refractivity contribution is -0.152. The molecule has 2 amide bonds. The lowest BCUT2D eigenvalue weighted by Gasteiger charge is -2.43. The van der Waals surface area contributed by atoms with Crippen LogP contribution >= 0.6 is 0 Å². The average Bonchev–Trinajstić information content (AvgIpc) is 2.37. The fraction of sp³-hybridized carbons (Fsp3) is 0.867. The van der Waals surface area contributed by atoms with Crippen LogP contribution in [0.15, 0.2) is 0 Å². The highest BCUT2D eigenvalue weighted by atomic mass is 32.2. The Labute approximate surface area is 130 Å². The maximum Gasteiger partial charge on any atom is 0.246 e. The summed E-state index contributed by atoms with van der Waals surface area (Å²) in [6.45, 7) is 10.1. The normalized spacial score (nSPS) is 26.5. The molecular formula is C15H28N2O3S. The first kappa shape index (κ1) is 18.1. The molecule has 1 fully saturated rings. The van der Waals surface area contributed by atoms with Crippen molar-refractivity contribution in [1.29, 1.82) is 0 Å². The fourth-order valence-corrected chi connectivity index (χ4v) is 2.94. The molecule has 1 aliphatic heterocycles. The van der Waals surface area contributed by atoms with E-state index < -0.39 is 22.9 Å². The predicted octanol–water partition coefficient (Wildman–Crippen LogP) is 1.30. The van der Waals surface area contributed by atoms with E-state index in [9.17, 15) is 13.8 Å². The van der Waals surface area contributed by atoms with E-state index in [1.54, 1.807) is 11.2 Å². The number of nitrogens with zero attached hydrogens (tertiary/aromatic N) is 1. The van der Waals surface area contributed by atoms with Crippen LogP contribution in [0.4, 0.5) is 0 Å². The van der Waals surface area contributed by atoms with Crippen molar-refractivity contribution >= 4 is 22.6 Å². The topological polar surface area (TPSA) is 66.5 Å². The maximum atomic E-state index is 12.7. The van der Waals surface area contributed by atoms with Gasteiger partial charge in [0.15, 0.2) is 0 Å². The summed E-state index contributed by atoms with van der Waals surface area (Å²) in [6, 6.07) is -0.899. The van der Waals surface area contributed by atoms with E-state index >= 15 is 0 Å². The second-order valence-corrected chi connectivity index (χ2v) is 8.66. The van der Waals surface area contributed by atoms with Crippen molar-refractivity contribution < 1.29 is 13.8 Å². The van der Waals surface area contributed by atoms with E-state index in [4.69, 9.17) is 0 Å². The van der Waals surface area contributed by atoms with Crippen molar-refractivity contribution in [2.24, 2.45) is 5.41 Å². The lowest BCUT2D eigenvalue weighted by Crippen LogP contribution is -2.66. The van der Waals surface area contributed by atoms with E-state index in [0.29, 0.717) is 19.4 Å². The van der Waals surface area contributed by atoms with E-state index in [1.165, 1.54) is 0 Å². The Kier molecular flexibility index (Phi) is 5.96. The van der Waals surface area contributed by atoms with E-state index in [1.807, 2.05) is 34.6 Å². The van der Waals surface area contributed by atoms with Crippen LogP contribution in [0.25, 0.3) is 0 Å². The molecule has 5 nitrogen and oxygen atoms in total. The number of amides is 2. The van der Waals surface area contributed by atoms with Crippen molar-refractivity contribution in [2.75, 3.05) is 12.8 Å². The molecule has 1 saturated heterocycles. The summed E-state index contributed by atoms with van der Waals surface area (Å²) in [6.07, 6.45) is 2.91. The zero-order valence-electron chi connectivity index (χ0n) is 13.9. The number of piperazine rings is 1. The highest BCUT2D eigenvalue weighted by Gasteiger charge is 2.44. The molecule has 1 rings (SSSR count). The van der Waals surface area contributed by atoms with Gasteiger partial charge in [0.05, 0.1) is 0 Å². The van der Waals surface area contributed by atoms with Gasteiger partial charge in [-0.1, -0.05) is 34.6 Å². The number of rotatable bonds is 5. The van der Waals surface area contributed by atoms with Gasteiger partial charge in [0.2, 0.25) is 11.8 Å². The third kappa shape index (κ3) is 4.28. The molecule has 1 heterocycles. The largest absolute Gasteiger partial charge is 0.342 e. The Morgan fingerprint density at radius 1 is 1.33 bits per heavy atom. The fourth-order valence-electron chi connectivity index (χ4n) is 2.51. The van der Waals surface area contributed by atoms with Crippen LogP contribution in [0.1, 0.15) is 47.5 Å². The summed E-state index contributed by atoms with van der Waals surface area (Å²) < 4.78 is 11.5. The van der Waals surface area contributed by atoms with Crippen LogP contribution in [-0.4, -0.2) is 51.1 Å². The molecule has 4 atom stereocenters. The van der Waals surface area contributed by atoms with Crippen LogP contribution in [0.5, 0.6) is 0 Å². The van der Waals surface area contributed by atoms with E-state index in [-0.39, 0.29) is 22.5 Å². The van der Waals surface area contributed by atoms with Crippen LogP contribution in [-0.2, 0) is 20.4 Å². The molecule has 4 unspecified atom stereocenters. The number of hydrogen-bond donors (Lipinski definition) is 1. The first-order valence-electron chi connectivity index (χ1n) is 7.52. The maximum absolute atomic E-state index is 12.7. The minimum absolute atomic E-state index is 0.0216. The van der Waals surface area contributed by atoms with Gasteiger partial charge in [0.25, 0.3) is 0 Å². The summed E-state index contributed by atoms with van der Waals surface area (Å²) in [7, 11) is -0.912. The highest BCUT2D eigenvalue weighted by molar-refractivity contribution is 7.84. The van der Waals surface area contributed by atoms with Crippen molar-refractivity contribution in [3.05, 3.63) is 0 Å². The summed E-state index contributed by atoms with van der Waals surface area (Å²) in [5.74, 6) is -0.106. The summed E-state index contributed by atoms with van der Waals surface area (Å²) >= 11 is 0. The van der Waals surface area contributed by atoms with Crippen LogP contribution in [0, 0.1) is 5.41 Å². The molecule has 21 heavy (non-hydrogen) atoms. The van der Waals surface area contributed by atoms with Gasteiger partial charge in [-0.15, -0.1) is 0 Å². The quantitative estimate of drug-likeness (QED) is 0.831. The van der Waals surface area contributed by atoms with Crippen molar-refractivity contribution in [3.8, 4) is 0 Å². The Bertz CT molecular complexity index is 431. The van der Waals surface area contributed by atoms with Gasteiger partial charge in [0, 0.05) is 28.9 Å².